The van der Waals surface area contributed by atoms with E-state index in [-0.39, 0.29) is 5.69 Å². The van der Waals surface area contributed by atoms with Gasteiger partial charge in [-0.15, -0.1) is 0 Å². The first-order valence-electron chi connectivity index (χ1n) is 5.13. The van der Waals surface area contributed by atoms with Crippen LogP contribution in [-0.2, 0) is 6.54 Å². The third kappa shape index (κ3) is 1.72. The Morgan fingerprint density at radius 1 is 1.57 bits per heavy atom. The maximum atomic E-state index is 11.5. The second-order valence-corrected chi connectivity index (χ2v) is 4.64. The van der Waals surface area contributed by atoms with Crippen molar-refractivity contribution in [3.05, 3.63) is 28.4 Å². The average molecular weight is 192 g/mol. The molecular weight excluding hydrogens is 176 g/mol. The van der Waals surface area contributed by atoms with Crippen LogP contribution in [0.15, 0.2) is 17.1 Å². The lowest BCUT2D eigenvalue weighted by molar-refractivity contribution is 0.129. The Morgan fingerprint density at radius 2 is 2.29 bits per heavy atom. The fourth-order valence-electron chi connectivity index (χ4n) is 1.98. The Bertz CT molecular complexity index is 391. The predicted octanol–water partition coefficient (Wildman–Crippen LogP) is 1.74. The Kier molecular flexibility index (Phi) is 2.17. The number of hydrogen-bond acceptors (Lipinski definition) is 2. The molecule has 1 saturated carbocycles. The second kappa shape index (κ2) is 3.23. The van der Waals surface area contributed by atoms with Crippen LogP contribution >= 0.6 is 0 Å². The van der Waals surface area contributed by atoms with Gasteiger partial charge in [0.1, 0.15) is 0 Å². The van der Waals surface area contributed by atoms with Crippen LogP contribution in [0, 0.1) is 12.3 Å². The molecule has 0 amide bonds. The summed E-state index contributed by atoms with van der Waals surface area (Å²) in [6.45, 7) is 4.90. The van der Waals surface area contributed by atoms with E-state index in [4.69, 9.17) is 0 Å². The van der Waals surface area contributed by atoms with Crippen molar-refractivity contribution in [1.29, 1.82) is 0 Å². The monoisotopic (exact) mass is 192 g/mol. The molecule has 3 nitrogen and oxygen atoms in total. The summed E-state index contributed by atoms with van der Waals surface area (Å²) >= 11 is 0. The van der Waals surface area contributed by atoms with Gasteiger partial charge in [0, 0.05) is 18.4 Å². The molecular formula is C11H16N2O. The summed E-state index contributed by atoms with van der Waals surface area (Å²) in [6, 6.07) is 1.89. The first-order valence-corrected chi connectivity index (χ1v) is 5.13. The van der Waals surface area contributed by atoms with Crippen molar-refractivity contribution in [2.75, 3.05) is 0 Å². The molecule has 0 aliphatic heterocycles. The number of hydrogen-bond donors (Lipinski definition) is 0. The van der Waals surface area contributed by atoms with Crippen molar-refractivity contribution in [2.24, 2.45) is 5.41 Å². The number of aryl methyl sites for hydroxylation is 1. The zero-order valence-electron chi connectivity index (χ0n) is 8.79. The third-order valence-corrected chi connectivity index (χ3v) is 3.13. The predicted molar refractivity (Wildman–Crippen MR) is 55.2 cm³/mol. The van der Waals surface area contributed by atoms with Gasteiger partial charge in [-0.2, -0.15) is 4.98 Å². The first-order chi connectivity index (χ1) is 6.59. The SMILES string of the molecule is Cc1ccn(CC2(C)CCC2)c(=O)n1. The molecule has 2 rings (SSSR count). The molecule has 0 radical (unpaired) electrons. The lowest BCUT2D eigenvalue weighted by atomic mass is 9.70. The Labute approximate surface area is 83.8 Å². The van der Waals surface area contributed by atoms with Gasteiger partial charge < -0.3 is 0 Å². The first kappa shape index (κ1) is 9.44. The highest BCUT2D eigenvalue weighted by Crippen LogP contribution is 2.41. The summed E-state index contributed by atoms with van der Waals surface area (Å²) in [7, 11) is 0. The highest BCUT2D eigenvalue weighted by Gasteiger charge is 2.32. The van der Waals surface area contributed by atoms with E-state index in [9.17, 15) is 4.79 Å². The van der Waals surface area contributed by atoms with Gasteiger partial charge in [0.25, 0.3) is 0 Å². The van der Waals surface area contributed by atoms with Crippen LogP contribution in [0.5, 0.6) is 0 Å². The largest absolute Gasteiger partial charge is 0.347 e. The Hall–Kier alpha value is -1.12. The average Bonchev–Trinajstić information content (AvgIpc) is 2.07. The van der Waals surface area contributed by atoms with E-state index < -0.39 is 0 Å². The van der Waals surface area contributed by atoms with Crippen LogP contribution < -0.4 is 5.69 Å². The Morgan fingerprint density at radius 3 is 2.79 bits per heavy atom. The molecule has 1 aliphatic carbocycles. The minimum Gasteiger partial charge on any atom is -0.299 e. The van der Waals surface area contributed by atoms with Gasteiger partial charge in [0.15, 0.2) is 0 Å². The van der Waals surface area contributed by atoms with E-state index in [2.05, 4.69) is 11.9 Å². The van der Waals surface area contributed by atoms with E-state index in [1.54, 1.807) is 4.57 Å². The number of nitrogens with zero attached hydrogens (tertiary/aromatic N) is 2. The molecule has 0 aromatic carbocycles. The molecule has 0 unspecified atom stereocenters. The highest BCUT2D eigenvalue weighted by atomic mass is 16.1. The van der Waals surface area contributed by atoms with Gasteiger partial charge in [0.05, 0.1) is 0 Å². The van der Waals surface area contributed by atoms with Gasteiger partial charge in [0.2, 0.25) is 0 Å². The van der Waals surface area contributed by atoms with E-state index in [0.717, 1.165) is 12.2 Å². The molecule has 3 heteroatoms. The fraction of sp³-hybridized carbons (Fsp3) is 0.636. The quantitative estimate of drug-likeness (QED) is 0.715. The minimum atomic E-state index is -0.113. The molecule has 14 heavy (non-hydrogen) atoms. The lowest BCUT2D eigenvalue weighted by Crippen LogP contribution is -2.35. The van der Waals surface area contributed by atoms with Crippen LogP contribution in [-0.4, -0.2) is 9.55 Å². The standard InChI is InChI=1S/C11H16N2O/c1-9-4-7-13(10(14)12-9)8-11(2)5-3-6-11/h4,7H,3,5-6,8H2,1-2H3. The zero-order chi connectivity index (χ0) is 10.2. The van der Waals surface area contributed by atoms with Gasteiger partial charge >= 0.3 is 5.69 Å². The summed E-state index contributed by atoms with van der Waals surface area (Å²) in [5.74, 6) is 0. The maximum absolute atomic E-state index is 11.5. The molecule has 0 N–H and O–H groups in total. The summed E-state index contributed by atoms with van der Waals surface area (Å²) in [5.41, 5.74) is 1.02. The Balaban J connectivity index is 2.21. The molecule has 1 aromatic rings. The number of aromatic nitrogens is 2. The van der Waals surface area contributed by atoms with Crippen molar-refractivity contribution < 1.29 is 0 Å². The van der Waals surface area contributed by atoms with Crippen LogP contribution in [0.1, 0.15) is 31.9 Å². The van der Waals surface area contributed by atoms with E-state index in [0.29, 0.717) is 5.41 Å². The van der Waals surface area contributed by atoms with E-state index in [1.807, 2.05) is 19.2 Å². The van der Waals surface area contributed by atoms with Crippen LogP contribution in [0.25, 0.3) is 0 Å². The van der Waals surface area contributed by atoms with E-state index >= 15 is 0 Å². The molecule has 1 fully saturated rings. The summed E-state index contributed by atoms with van der Waals surface area (Å²) in [6.07, 6.45) is 5.61. The minimum absolute atomic E-state index is 0.113. The lowest BCUT2D eigenvalue weighted by Gasteiger charge is -2.38. The molecule has 76 valence electrons. The highest BCUT2D eigenvalue weighted by molar-refractivity contribution is 4.96. The van der Waals surface area contributed by atoms with Gasteiger partial charge in [-0.25, -0.2) is 4.79 Å². The van der Waals surface area contributed by atoms with Gasteiger partial charge in [-0.1, -0.05) is 13.3 Å². The maximum Gasteiger partial charge on any atom is 0.347 e. The van der Waals surface area contributed by atoms with Crippen molar-refractivity contribution in [1.82, 2.24) is 9.55 Å². The summed E-state index contributed by atoms with van der Waals surface area (Å²) in [5, 5.41) is 0. The zero-order valence-corrected chi connectivity index (χ0v) is 8.79. The summed E-state index contributed by atoms with van der Waals surface area (Å²) in [4.78, 5) is 15.4. The molecule has 0 bridgehead atoms. The molecule has 0 atom stereocenters. The third-order valence-electron chi connectivity index (χ3n) is 3.13. The summed E-state index contributed by atoms with van der Waals surface area (Å²) < 4.78 is 1.73. The van der Waals surface area contributed by atoms with Crippen molar-refractivity contribution in [3.63, 3.8) is 0 Å². The molecule has 1 heterocycles. The van der Waals surface area contributed by atoms with Crippen LogP contribution in [0.4, 0.5) is 0 Å². The van der Waals surface area contributed by atoms with Crippen molar-refractivity contribution in [3.8, 4) is 0 Å². The molecule has 0 saturated heterocycles. The van der Waals surface area contributed by atoms with Crippen molar-refractivity contribution >= 4 is 0 Å². The second-order valence-electron chi connectivity index (χ2n) is 4.64. The fourth-order valence-corrected chi connectivity index (χ4v) is 1.98. The van der Waals surface area contributed by atoms with Crippen LogP contribution in [0.2, 0.25) is 0 Å². The molecule has 0 spiro atoms. The van der Waals surface area contributed by atoms with Crippen LogP contribution in [0.3, 0.4) is 0 Å². The van der Waals surface area contributed by atoms with Crippen molar-refractivity contribution in [2.45, 2.75) is 39.7 Å². The molecule has 1 aromatic heterocycles. The van der Waals surface area contributed by atoms with E-state index in [1.165, 1.54) is 19.3 Å². The smallest absolute Gasteiger partial charge is 0.299 e. The number of rotatable bonds is 2. The normalized spacial score (nSPS) is 19.0. The topological polar surface area (TPSA) is 34.9 Å². The van der Waals surface area contributed by atoms with Gasteiger partial charge in [-0.3, -0.25) is 4.57 Å². The molecule has 1 aliphatic rings. The van der Waals surface area contributed by atoms with Gasteiger partial charge in [-0.05, 0) is 31.2 Å².